The second-order valence-corrected chi connectivity index (χ2v) is 11.0. The van der Waals surface area contributed by atoms with Gasteiger partial charge < -0.3 is 9.64 Å². The van der Waals surface area contributed by atoms with Crippen LogP contribution in [0.1, 0.15) is 38.7 Å². The number of ether oxygens (including phenoxy) is 1. The van der Waals surface area contributed by atoms with E-state index in [0.717, 1.165) is 39.0 Å². The van der Waals surface area contributed by atoms with Crippen LogP contribution in [-0.4, -0.2) is 56.9 Å². The maximum atomic E-state index is 13.6. The van der Waals surface area contributed by atoms with Gasteiger partial charge in [-0.05, 0) is 49.3 Å². The number of rotatable bonds is 4. The number of nitrogens with zero attached hydrogens (tertiary/aromatic N) is 4. The molecule has 1 amide bonds. The molecule has 2 aromatic heterocycles. The summed E-state index contributed by atoms with van der Waals surface area (Å²) in [5.74, 6) is 1.49. The lowest BCUT2D eigenvalue weighted by Crippen LogP contribution is -2.40. The van der Waals surface area contributed by atoms with E-state index in [-0.39, 0.29) is 17.6 Å². The quantitative estimate of drug-likeness (QED) is 0.486. The second kappa shape index (κ2) is 9.19. The van der Waals surface area contributed by atoms with Crippen LogP contribution in [0.15, 0.2) is 34.1 Å². The molecule has 5 heterocycles. The molecule has 3 aliphatic heterocycles. The third-order valence-corrected chi connectivity index (χ3v) is 7.85. The van der Waals surface area contributed by atoms with Crippen molar-refractivity contribution < 1.29 is 9.53 Å². The van der Waals surface area contributed by atoms with Crippen LogP contribution in [0.25, 0.3) is 11.7 Å². The first-order chi connectivity index (χ1) is 15.9. The standard InChI is InChI=1S/C24H28N4O3S2/c1-15-10-16(2)13-26(12-15)21-18(22(29)27-8-4-3-7-20(27)25-21)11-19-23(30)28(24(32)33-19)14-17-6-5-9-31-17/h3-4,7-8,11,15-17H,5-6,9-10,12-14H2,1-2H3/b19-11+/t15-,16+,17-/m0/s1. The highest BCUT2D eigenvalue weighted by molar-refractivity contribution is 8.26. The Balaban J connectivity index is 1.56. The Morgan fingerprint density at radius 3 is 2.76 bits per heavy atom. The Morgan fingerprint density at radius 2 is 2.03 bits per heavy atom. The molecule has 9 heteroatoms. The van der Waals surface area contributed by atoms with Gasteiger partial charge in [0.05, 0.1) is 23.1 Å². The van der Waals surface area contributed by atoms with E-state index >= 15 is 0 Å². The highest BCUT2D eigenvalue weighted by Crippen LogP contribution is 2.35. The van der Waals surface area contributed by atoms with Gasteiger partial charge in [-0.25, -0.2) is 4.98 Å². The van der Waals surface area contributed by atoms with E-state index in [2.05, 4.69) is 18.7 Å². The Labute approximate surface area is 202 Å². The predicted molar refractivity (Wildman–Crippen MR) is 135 cm³/mol. The average Bonchev–Trinajstić information content (AvgIpc) is 3.39. The summed E-state index contributed by atoms with van der Waals surface area (Å²) < 4.78 is 7.75. The van der Waals surface area contributed by atoms with Gasteiger partial charge in [-0.2, -0.15) is 0 Å². The lowest BCUT2D eigenvalue weighted by Gasteiger charge is -2.36. The normalized spacial score (nSPS) is 27.3. The molecule has 0 radical (unpaired) electrons. The van der Waals surface area contributed by atoms with Crippen LogP contribution in [0.2, 0.25) is 0 Å². The van der Waals surface area contributed by atoms with Crippen molar-refractivity contribution in [2.45, 2.75) is 39.2 Å². The summed E-state index contributed by atoms with van der Waals surface area (Å²) in [5.41, 5.74) is 0.870. The van der Waals surface area contributed by atoms with Crippen molar-refractivity contribution in [3.05, 3.63) is 45.2 Å². The van der Waals surface area contributed by atoms with E-state index in [9.17, 15) is 9.59 Å². The average molecular weight is 485 g/mol. The molecule has 0 aliphatic carbocycles. The van der Waals surface area contributed by atoms with Gasteiger partial charge in [0, 0.05) is 25.9 Å². The molecule has 3 fully saturated rings. The van der Waals surface area contributed by atoms with Crippen LogP contribution in [0, 0.1) is 11.8 Å². The molecule has 0 bridgehead atoms. The number of hydrogen-bond donors (Lipinski definition) is 0. The molecular formula is C24H28N4O3S2. The summed E-state index contributed by atoms with van der Waals surface area (Å²) in [6, 6.07) is 5.53. The number of pyridine rings is 1. The zero-order chi connectivity index (χ0) is 23.1. The van der Waals surface area contributed by atoms with Crippen molar-refractivity contribution in [3.63, 3.8) is 0 Å². The summed E-state index contributed by atoms with van der Waals surface area (Å²) >= 11 is 6.76. The Kier molecular flexibility index (Phi) is 6.28. The summed E-state index contributed by atoms with van der Waals surface area (Å²) in [4.78, 5) is 35.9. The van der Waals surface area contributed by atoms with E-state index in [1.807, 2.05) is 18.2 Å². The van der Waals surface area contributed by atoms with Crippen LogP contribution >= 0.6 is 24.0 Å². The fourth-order valence-corrected chi connectivity index (χ4v) is 6.33. The molecule has 5 rings (SSSR count). The van der Waals surface area contributed by atoms with Crippen LogP contribution in [0.4, 0.5) is 5.82 Å². The van der Waals surface area contributed by atoms with E-state index in [0.29, 0.717) is 44.6 Å². The van der Waals surface area contributed by atoms with Gasteiger partial charge in [0.15, 0.2) is 0 Å². The van der Waals surface area contributed by atoms with Gasteiger partial charge in [-0.3, -0.25) is 18.9 Å². The number of aromatic nitrogens is 2. The monoisotopic (exact) mass is 484 g/mol. The number of piperidine rings is 1. The number of carbonyl (C=O) groups is 1. The van der Waals surface area contributed by atoms with Gasteiger partial charge in [0.25, 0.3) is 11.5 Å². The fraction of sp³-hybridized carbons (Fsp3) is 0.500. The molecule has 0 N–H and O–H groups in total. The number of thioether (sulfide) groups is 1. The highest BCUT2D eigenvalue weighted by atomic mass is 32.2. The summed E-state index contributed by atoms with van der Waals surface area (Å²) in [6.45, 7) is 7.32. The van der Waals surface area contributed by atoms with E-state index in [4.69, 9.17) is 21.9 Å². The lowest BCUT2D eigenvalue weighted by atomic mass is 9.91. The molecule has 0 saturated carbocycles. The number of hydrogen-bond acceptors (Lipinski definition) is 7. The third kappa shape index (κ3) is 4.46. The minimum atomic E-state index is -0.175. The van der Waals surface area contributed by atoms with Crippen molar-refractivity contribution in [2.24, 2.45) is 11.8 Å². The van der Waals surface area contributed by atoms with Crippen LogP contribution in [0.3, 0.4) is 0 Å². The molecule has 0 aromatic carbocycles. The summed E-state index contributed by atoms with van der Waals surface area (Å²) in [7, 11) is 0. The smallest absolute Gasteiger partial charge is 0.267 e. The first-order valence-electron chi connectivity index (χ1n) is 11.5. The second-order valence-electron chi connectivity index (χ2n) is 9.36. The number of carbonyl (C=O) groups excluding carboxylic acids is 1. The third-order valence-electron chi connectivity index (χ3n) is 6.48. The van der Waals surface area contributed by atoms with Crippen LogP contribution in [-0.2, 0) is 9.53 Å². The number of amides is 1. The van der Waals surface area contributed by atoms with Gasteiger partial charge in [-0.15, -0.1) is 0 Å². The number of fused-ring (bicyclic) bond motifs is 1. The zero-order valence-corrected chi connectivity index (χ0v) is 20.5. The Hall–Kier alpha value is -2.23. The van der Waals surface area contributed by atoms with Crippen molar-refractivity contribution in [3.8, 4) is 0 Å². The first-order valence-corrected chi connectivity index (χ1v) is 12.8. The van der Waals surface area contributed by atoms with E-state index in [1.54, 1.807) is 21.6 Å². The fourth-order valence-electron chi connectivity index (χ4n) is 5.07. The number of anilines is 1. The van der Waals surface area contributed by atoms with Crippen molar-refractivity contribution in [1.82, 2.24) is 14.3 Å². The lowest BCUT2D eigenvalue weighted by molar-refractivity contribution is -0.123. The molecule has 3 atom stereocenters. The topological polar surface area (TPSA) is 67.2 Å². The molecule has 0 spiro atoms. The maximum Gasteiger partial charge on any atom is 0.267 e. The SMILES string of the molecule is C[C@@H]1C[C@H](C)CN(c2nc3ccccn3c(=O)c2/C=C2/SC(=S)N(C[C@@H]3CCCO3)C2=O)C1. The van der Waals surface area contributed by atoms with Crippen molar-refractivity contribution in [1.29, 1.82) is 0 Å². The van der Waals surface area contributed by atoms with Gasteiger partial charge in [0.1, 0.15) is 15.8 Å². The maximum absolute atomic E-state index is 13.6. The van der Waals surface area contributed by atoms with E-state index in [1.165, 1.54) is 11.8 Å². The molecule has 3 saturated heterocycles. The zero-order valence-electron chi connectivity index (χ0n) is 18.9. The molecule has 174 valence electrons. The molecular weight excluding hydrogens is 456 g/mol. The van der Waals surface area contributed by atoms with Gasteiger partial charge in [0.2, 0.25) is 0 Å². The molecule has 7 nitrogen and oxygen atoms in total. The number of thiocarbonyl (C=S) groups is 1. The van der Waals surface area contributed by atoms with Crippen molar-refractivity contribution >= 4 is 51.7 Å². The molecule has 0 unspecified atom stereocenters. The van der Waals surface area contributed by atoms with E-state index < -0.39 is 0 Å². The molecule has 33 heavy (non-hydrogen) atoms. The predicted octanol–water partition coefficient (Wildman–Crippen LogP) is 3.56. The minimum Gasteiger partial charge on any atom is -0.376 e. The summed E-state index contributed by atoms with van der Waals surface area (Å²) in [6.07, 6.45) is 6.53. The Bertz CT molecular complexity index is 1180. The van der Waals surface area contributed by atoms with Gasteiger partial charge in [-0.1, -0.05) is 43.9 Å². The first kappa shape index (κ1) is 22.6. The van der Waals surface area contributed by atoms with Crippen molar-refractivity contribution in [2.75, 3.05) is 31.1 Å². The Morgan fingerprint density at radius 1 is 1.24 bits per heavy atom. The molecule has 2 aromatic rings. The van der Waals surface area contributed by atoms with Crippen LogP contribution in [0.5, 0.6) is 0 Å². The van der Waals surface area contributed by atoms with Gasteiger partial charge >= 0.3 is 0 Å². The van der Waals surface area contributed by atoms with Crippen LogP contribution < -0.4 is 10.5 Å². The highest BCUT2D eigenvalue weighted by Gasteiger charge is 2.35. The molecule has 3 aliphatic rings. The minimum absolute atomic E-state index is 0.0201. The summed E-state index contributed by atoms with van der Waals surface area (Å²) in [5, 5.41) is 0. The largest absolute Gasteiger partial charge is 0.376 e.